The number of rotatable bonds is 11. The molecular formula is C28H31Cl2N3O4S. The molecule has 0 aliphatic carbocycles. The normalized spacial score (nSPS) is 12.9. The number of amides is 2. The van der Waals surface area contributed by atoms with Gasteiger partial charge in [-0.25, -0.2) is 8.42 Å². The van der Waals surface area contributed by atoms with Gasteiger partial charge in [0.1, 0.15) is 12.6 Å². The number of nitrogens with zero attached hydrogens (tertiary/aromatic N) is 2. The van der Waals surface area contributed by atoms with Gasteiger partial charge >= 0.3 is 0 Å². The number of hydrogen-bond donors (Lipinski definition) is 1. The van der Waals surface area contributed by atoms with Gasteiger partial charge in [0.2, 0.25) is 11.8 Å². The van der Waals surface area contributed by atoms with Crippen molar-refractivity contribution in [1.82, 2.24) is 10.2 Å². The maximum Gasteiger partial charge on any atom is 0.264 e. The first-order valence-corrected chi connectivity index (χ1v) is 14.4. The molecule has 0 spiro atoms. The highest BCUT2D eigenvalue weighted by Crippen LogP contribution is 2.30. The third kappa shape index (κ3) is 7.28. The van der Waals surface area contributed by atoms with Gasteiger partial charge < -0.3 is 10.2 Å². The van der Waals surface area contributed by atoms with Crippen LogP contribution in [-0.2, 0) is 26.2 Å². The summed E-state index contributed by atoms with van der Waals surface area (Å²) < 4.78 is 28.4. The number of carbonyl (C=O) groups is 2. The van der Waals surface area contributed by atoms with Crippen LogP contribution in [0.15, 0.2) is 83.8 Å². The summed E-state index contributed by atoms with van der Waals surface area (Å²) in [5.41, 5.74) is 0.899. The Bertz CT molecular complexity index is 1350. The van der Waals surface area contributed by atoms with Crippen molar-refractivity contribution in [2.24, 2.45) is 0 Å². The molecule has 0 aliphatic rings. The monoisotopic (exact) mass is 575 g/mol. The van der Waals surface area contributed by atoms with Crippen LogP contribution < -0.4 is 9.62 Å². The molecule has 0 saturated carbocycles. The maximum atomic E-state index is 13.9. The van der Waals surface area contributed by atoms with Crippen molar-refractivity contribution >= 4 is 50.7 Å². The number of para-hydroxylation sites is 1. The van der Waals surface area contributed by atoms with Crippen molar-refractivity contribution in [3.8, 4) is 0 Å². The lowest BCUT2D eigenvalue weighted by Crippen LogP contribution is -2.52. The number of halogens is 2. The Morgan fingerprint density at radius 3 is 2.11 bits per heavy atom. The molecule has 3 aromatic carbocycles. The molecule has 3 aromatic rings. The van der Waals surface area contributed by atoms with E-state index in [4.69, 9.17) is 23.2 Å². The van der Waals surface area contributed by atoms with E-state index in [1.54, 1.807) is 73.7 Å². The zero-order valence-corrected chi connectivity index (χ0v) is 23.8. The molecule has 38 heavy (non-hydrogen) atoms. The van der Waals surface area contributed by atoms with Gasteiger partial charge in [-0.1, -0.05) is 72.6 Å². The fourth-order valence-electron chi connectivity index (χ4n) is 3.72. The Morgan fingerprint density at radius 1 is 0.895 bits per heavy atom. The molecule has 0 fully saturated rings. The van der Waals surface area contributed by atoms with Crippen molar-refractivity contribution in [1.29, 1.82) is 0 Å². The lowest BCUT2D eigenvalue weighted by Gasteiger charge is -2.32. The molecule has 0 unspecified atom stereocenters. The summed E-state index contributed by atoms with van der Waals surface area (Å²) in [4.78, 5) is 28.3. The molecule has 2 atom stereocenters. The average molecular weight is 577 g/mol. The second-order valence-electron chi connectivity index (χ2n) is 8.92. The summed E-state index contributed by atoms with van der Waals surface area (Å²) in [6.45, 7) is 4.96. The van der Waals surface area contributed by atoms with Crippen LogP contribution in [-0.4, -0.2) is 43.8 Å². The van der Waals surface area contributed by atoms with E-state index in [1.165, 1.54) is 17.0 Å². The van der Waals surface area contributed by atoms with E-state index in [0.717, 1.165) is 16.3 Å². The van der Waals surface area contributed by atoms with Crippen LogP contribution in [0, 0.1) is 0 Å². The number of sulfonamides is 1. The second-order valence-corrected chi connectivity index (χ2v) is 11.6. The van der Waals surface area contributed by atoms with Crippen LogP contribution in [0.25, 0.3) is 0 Å². The largest absolute Gasteiger partial charge is 0.352 e. The minimum absolute atomic E-state index is 0.0135. The van der Waals surface area contributed by atoms with Crippen LogP contribution in [0.4, 0.5) is 5.69 Å². The number of hydrogen-bond acceptors (Lipinski definition) is 4. The van der Waals surface area contributed by atoms with Crippen LogP contribution in [0.1, 0.15) is 32.8 Å². The van der Waals surface area contributed by atoms with Crippen molar-refractivity contribution in [3.63, 3.8) is 0 Å². The highest BCUT2D eigenvalue weighted by Gasteiger charge is 2.33. The fraction of sp³-hybridized carbons (Fsp3) is 0.286. The fourth-order valence-corrected chi connectivity index (χ4v) is 5.59. The summed E-state index contributed by atoms with van der Waals surface area (Å²) in [5.74, 6) is -0.900. The Kier molecular flexibility index (Phi) is 10.2. The molecule has 0 heterocycles. The van der Waals surface area contributed by atoms with E-state index in [9.17, 15) is 18.0 Å². The van der Waals surface area contributed by atoms with Gasteiger partial charge in [0.05, 0.1) is 15.6 Å². The van der Waals surface area contributed by atoms with Crippen LogP contribution in [0.5, 0.6) is 0 Å². The van der Waals surface area contributed by atoms with E-state index >= 15 is 0 Å². The summed E-state index contributed by atoms with van der Waals surface area (Å²) in [7, 11) is -4.17. The molecule has 0 bridgehead atoms. The quantitative estimate of drug-likeness (QED) is 0.326. The lowest BCUT2D eigenvalue weighted by molar-refractivity contribution is -0.139. The predicted octanol–water partition coefficient (Wildman–Crippen LogP) is 5.52. The Hall–Kier alpha value is -3.07. The first-order valence-electron chi connectivity index (χ1n) is 12.2. The standard InChI is InChI=1S/C28H31Cl2N3O4S/c1-4-20(2)31-28(35)21(3)32(18-22-14-16-23(29)17-15-22)27(34)19-33(26-13-9-8-12-25(26)30)38(36,37)24-10-6-5-7-11-24/h5-17,20-21H,4,18-19H2,1-3H3,(H,31,35)/t20-,21+/m1/s1. The van der Waals surface area contributed by atoms with Crippen molar-refractivity contribution in [2.45, 2.75) is 50.7 Å². The SMILES string of the molecule is CC[C@@H](C)NC(=O)[C@H](C)N(Cc1ccc(Cl)cc1)C(=O)CN(c1ccccc1Cl)S(=O)(=O)c1ccccc1. The Morgan fingerprint density at radius 2 is 1.50 bits per heavy atom. The highest BCUT2D eigenvalue weighted by atomic mass is 35.5. The molecular weight excluding hydrogens is 545 g/mol. The smallest absolute Gasteiger partial charge is 0.264 e. The minimum Gasteiger partial charge on any atom is -0.352 e. The third-order valence-corrected chi connectivity index (χ3v) is 8.51. The molecule has 0 saturated heterocycles. The summed E-state index contributed by atoms with van der Waals surface area (Å²) in [6.07, 6.45) is 0.721. The molecule has 0 radical (unpaired) electrons. The molecule has 7 nitrogen and oxygen atoms in total. The predicted molar refractivity (Wildman–Crippen MR) is 152 cm³/mol. The molecule has 1 N–H and O–H groups in total. The van der Waals surface area contributed by atoms with E-state index in [-0.39, 0.29) is 34.1 Å². The number of nitrogens with one attached hydrogen (secondary N) is 1. The molecule has 202 valence electrons. The van der Waals surface area contributed by atoms with E-state index in [1.807, 2.05) is 13.8 Å². The summed E-state index contributed by atoms with van der Waals surface area (Å²) in [6, 6.07) is 20.2. The van der Waals surface area contributed by atoms with Gasteiger partial charge in [0.25, 0.3) is 10.0 Å². The topological polar surface area (TPSA) is 86.8 Å². The number of benzene rings is 3. The van der Waals surface area contributed by atoms with Crippen LogP contribution in [0.2, 0.25) is 10.0 Å². The average Bonchev–Trinajstić information content (AvgIpc) is 2.91. The molecule has 2 amide bonds. The van der Waals surface area contributed by atoms with Crippen LogP contribution >= 0.6 is 23.2 Å². The van der Waals surface area contributed by atoms with Gasteiger partial charge in [-0.2, -0.15) is 0 Å². The zero-order chi connectivity index (χ0) is 27.9. The highest BCUT2D eigenvalue weighted by molar-refractivity contribution is 7.92. The van der Waals surface area contributed by atoms with Gasteiger partial charge in [0.15, 0.2) is 0 Å². The van der Waals surface area contributed by atoms with Crippen LogP contribution in [0.3, 0.4) is 0 Å². The number of anilines is 1. The number of carbonyl (C=O) groups excluding carboxylic acids is 2. The maximum absolute atomic E-state index is 13.9. The van der Waals surface area contributed by atoms with Gasteiger partial charge in [0, 0.05) is 17.6 Å². The zero-order valence-electron chi connectivity index (χ0n) is 21.5. The summed E-state index contributed by atoms with van der Waals surface area (Å²) >= 11 is 12.4. The van der Waals surface area contributed by atoms with E-state index < -0.39 is 28.5 Å². The molecule has 0 aliphatic heterocycles. The Balaban J connectivity index is 2.02. The first-order chi connectivity index (χ1) is 18.0. The molecule has 10 heteroatoms. The third-order valence-electron chi connectivity index (χ3n) is 6.17. The van der Waals surface area contributed by atoms with Crippen molar-refractivity contribution in [2.75, 3.05) is 10.8 Å². The minimum atomic E-state index is -4.17. The van der Waals surface area contributed by atoms with Crippen molar-refractivity contribution in [3.05, 3.63) is 94.5 Å². The van der Waals surface area contributed by atoms with E-state index in [0.29, 0.717) is 5.02 Å². The lowest BCUT2D eigenvalue weighted by atomic mass is 10.1. The second kappa shape index (κ2) is 13.1. The van der Waals surface area contributed by atoms with Gasteiger partial charge in [-0.15, -0.1) is 0 Å². The Labute approximate surface area is 234 Å². The van der Waals surface area contributed by atoms with E-state index in [2.05, 4.69) is 5.32 Å². The molecule has 0 aromatic heterocycles. The van der Waals surface area contributed by atoms with Gasteiger partial charge in [-0.3, -0.25) is 13.9 Å². The summed E-state index contributed by atoms with van der Waals surface area (Å²) in [5, 5.41) is 3.61. The first kappa shape index (κ1) is 29.5. The van der Waals surface area contributed by atoms with Gasteiger partial charge in [-0.05, 0) is 62.2 Å². The molecule has 3 rings (SSSR count). The van der Waals surface area contributed by atoms with Crippen molar-refractivity contribution < 1.29 is 18.0 Å².